The van der Waals surface area contributed by atoms with Gasteiger partial charge in [-0.15, -0.1) is 9.32 Å². The molecular weight excluding hydrogens is 380 g/mol. The van der Waals surface area contributed by atoms with Crippen LogP contribution in [0.3, 0.4) is 0 Å². The molecule has 5 nitrogen and oxygen atoms in total. The van der Waals surface area contributed by atoms with E-state index in [1.54, 1.807) is 6.07 Å². The third-order valence-corrected chi connectivity index (χ3v) is 4.92. The molecule has 2 N–H and O–H groups in total. The van der Waals surface area contributed by atoms with Crippen molar-refractivity contribution in [3.63, 3.8) is 0 Å². The first kappa shape index (κ1) is 18.4. The van der Waals surface area contributed by atoms with Crippen LogP contribution >= 0.6 is 35.9 Å². The minimum absolute atomic E-state index is 0.280. The maximum Gasteiger partial charge on any atom is 0.166 e. The smallest absolute Gasteiger partial charge is 0.166 e. The molecule has 8 heteroatoms. The zero-order chi connectivity index (χ0) is 17.6. The van der Waals surface area contributed by atoms with Crippen molar-refractivity contribution in [2.24, 2.45) is 5.90 Å². The van der Waals surface area contributed by atoms with E-state index >= 15 is 0 Å². The molecule has 1 aliphatic heterocycles. The number of hydrogen-bond donors (Lipinski definition) is 1. The lowest BCUT2D eigenvalue weighted by molar-refractivity contribution is -0.195. The molecule has 0 aromatic heterocycles. The number of nitrogens with two attached hydrogens (primary N) is 1. The van der Waals surface area contributed by atoms with Crippen molar-refractivity contribution in [1.82, 2.24) is 0 Å². The van der Waals surface area contributed by atoms with Gasteiger partial charge >= 0.3 is 0 Å². The molecule has 132 valence electrons. The van der Waals surface area contributed by atoms with Gasteiger partial charge in [0.2, 0.25) is 0 Å². The number of para-hydroxylation sites is 1. The summed E-state index contributed by atoms with van der Waals surface area (Å²) in [6.45, 7) is 1.89. The lowest BCUT2D eigenvalue weighted by Crippen LogP contribution is -2.19. The molecule has 0 bridgehead atoms. The summed E-state index contributed by atoms with van der Waals surface area (Å²) in [5, 5.41) is 0. The van der Waals surface area contributed by atoms with Crippen LogP contribution in [0.15, 0.2) is 47.4 Å². The minimum Gasteiger partial charge on any atom is -0.454 e. The number of halogens is 1. The van der Waals surface area contributed by atoms with E-state index < -0.39 is 0 Å². The van der Waals surface area contributed by atoms with Crippen molar-refractivity contribution >= 4 is 45.9 Å². The lowest BCUT2D eigenvalue weighted by atomic mass is 10.2. The molecule has 1 heterocycles. The van der Waals surface area contributed by atoms with Gasteiger partial charge in [0.05, 0.1) is 22.6 Å². The van der Waals surface area contributed by atoms with E-state index in [2.05, 4.69) is 9.89 Å². The van der Waals surface area contributed by atoms with E-state index in [1.807, 2.05) is 36.4 Å². The lowest BCUT2D eigenvalue weighted by Gasteiger charge is -2.24. The molecule has 0 aliphatic carbocycles. The fourth-order valence-corrected chi connectivity index (χ4v) is 3.46. The molecular formula is C17H17ClN2O3S2. The molecule has 0 atom stereocenters. The van der Waals surface area contributed by atoms with Crippen LogP contribution in [0.4, 0.5) is 5.69 Å². The van der Waals surface area contributed by atoms with Crippen LogP contribution in [0.25, 0.3) is 0 Å². The molecule has 0 unspecified atom stereocenters. The third-order valence-electron chi connectivity index (χ3n) is 3.84. The van der Waals surface area contributed by atoms with E-state index in [0.717, 1.165) is 55.0 Å². The molecule has 25 heavy (non-hydrogen) atoms. The second-order valence-corrected chi connectivity index (χ2v) is 7.21. The Hall–Kier alpha value is -1.35. The number of ether oxygens (including phenoxy) is 1. The molecule has 0 spiro atoms. The second kappa shape index (κ2) is 8.84. The van der Waals surface area contributed by atoms with Gasteiger partial charge in [0.1, 0.15) is 10.1 Å². The van der Waals surface area contributed by atoms with Crippen LogP contribution < -0.4 is 15.5 Å². The van der Waals surface area contributed by atoms with Gasteiger partial charge in [-0.25, -0.2) is 0 Å². The number of hydrogen-bond acceptors (Lipinski definition) is 7. The quantitative estimate of drug-likeness (QED) is 0.236. The average molecular weight is 397 g/mol. The SMILES string of the molecule is NOOSc1cc(C(=S)Cl)cc(N2CCCC2)c1Oc1ccccc1. The van der Waals surface area contributed by atoms with Crippen LogP contribution in [0.2, 0.25) is 0 Å². The fourth-order valence-electron chi connectivity index (χ4n) is 2.72. The fraction of sp³-hybridized carbons (Fsp3) is 0.235. The molecule has 0 saturated carbocycles. The summed E-state index contributed by atoms with van der Waals surface area (Å²) in [5.74, 6) is 6.37. The van der Waals surface area contributed by atoms with Gasteiger partial charge in [0.25, 0.3) is 0 Å². The van der Waals surface area contributed by atoms with E-state index in [1.165, 1.54) is 0 Å². The average Bonchev–Trinajstić information content (AvgIpc) is 3.15. The van der Waals surface area contributed by atoms with Gasteiger partial charge in [-0.1, -0.05) is 42.0 Å². The predicted octanol–water partition coefficient (Wildman–Crippen LogP) is 4.82. The first-order valence-electron chi connectivity index (χ1n) is 7.75. The Kier molecular flexibility index (Phi) is 6.52. The summed E-state index contributed by atoms with van der Waals surface area (Å²) in [4.78, 5) is 7.18. The van der Waals surface area contributed by atoms with Gasteiger partial charge in [0, 0.05) is 18.7 Å². The molecule has 0 amide bonds. The molecule has 1 fully saturated rings. The molecule has 1 aliphatic rings. The van der Waals surface area contributed by atoms with Gasteiger partial charge in [-0.3, -0.25) is 0 Å². The Morgan fingerprint density at radius 2 is 1.88 bits per heavy atom. The van der Waals surface area contributed by atoms with E-state index in [0.29, 0.717) is 10.6 Å². The Labute approximate surface area is 161 Å². The van der Waals surface area contributed by atoms with Crippen LogP contribution in [0.5, 0.6) is 11.5 Å². The highest BCUT2D eigenvalue weighted by molar-refractivity contribution is 7.94. The maximum atomic E-state index is 6.16. The first-order chi connectivity index (χ1) is 12.2. The monoisotopic (exact) mass is 396 g/mol. The number of thiocarbonyl (C=S) groups is 1. The van der Waals surface area contributed by atoms with E-state index in [9.17, 15) is 0 Å². The molecule has 1 saturated heterocycles. The summed E-state index contributed by atoms with van der Waals surface area (Å²) >= 11 is 12.2. The van der Waals surface area contributed by atoms with Gasteiger partial charge in [-0.2, -0.15) is 5.90 Å². The van der Waals surface area contributed by atoms with Crippen LogP contribution in [-0.2, 0) is 9.32 Å². The Bertz CT molecular complexity index is 740. The highest BCUT2D eigenvalue weighted by atomic mass is 35.5. The van der Waals surface area contributed by atoms with Crippen LogP contribution in [0.1, 0.15) is 18.4 Å². The zero-order valence-corrected chi connectivity index (χ0v) is 15.7. The van der Waals surface area contributed by atoms with Crippen molar-refractivity contribution in [3.05, 3.63) is 48.0 Å². The molecule has 3 rings (SSSR count). The van der Waals surface area contributed by atoms with Gasteiger partial charge in [0.15, 0.2) is 5.75 Å². The summed E-state index contributed by atoms with van der Waals surface area (Å²) in [6, 6.07) is 13.3. The summed E-state index contributed by atoms with van der Waals surface area (Å²) in [5.41, 5.74) is 1.65. The highest BCUT2D eigenvalue weighted by Crippen LogP contribution is 2.43. The summed E-state index contributed by atoms with van der Waals surface area (Å²) in [6.07, 6.45) is 2.26. The highest BCUT2D eigenvalue weighted by Gasteiger charge is 2.23. The minimum atomic E-state index is 0.280. The topological polar surface area (TPSA) is 57.0 Å². The molecule has 0 radical (unpaired) electrons. The van der Waals surface area contributed by atoms with Crippen molar-refractivity contribution in [2.45, 2.75) is 17.7 Å². The van der Waals surface area contributed by atoms with Crippen molar-refractivity contribution in [1.29, 1.82) is 0 Å². The van der Waals surface area contributed by atoms with Gasteiger partial charge in [-0.05, 0) is 37.1 Å². The number of anilines is 1. The van der Waals surface area contributed by atoms with E-state index in [-0.39, 0.29) is 4.32 Å². The number of nitrogens with zero attached hydrogens (tertiary/aromatic N) is 1. The first-order valence-corrected chi connectivity index (χ1v) is 9.27. The zero-order valence-electron chi connectivity index (χ0n) is 13.3. The van der Waals surface area contributed by atoms with E-state index in [4.69, 9.17) is 38.8 Å². The van der Waals surface area contributed by atoms with Crippen molar-refractivity contribution < 1.29 is 14.1 Å². The van der Waals surface area contributed by atoms with Crippen LogP contribution in [0, 0.1) is 0 Å². The van der Waals surface area contributed by atoms with Crippen LogP contribution in [-0.4, -0.2) is 17.4 Å². The standard InChI is InChI=1S/C17H17ClN2O3S2/c18-17(24)12-10-14(20-8-4-5-9-20)16(15(11-12)25-23-22-19)21-13-6-2-1-3-7-13/h1-3,6-7,10-11H,4-5,8-9,19H2. The summed E-state index contributed by atoms with van der Waals surface area (Å²) in [7, 11) is 0. The number of benzene rings is 2. The van der Waals surface area contributed by atoms with Crippen molar-refractivity contribution in [2.75, 3.05) is 18.0 Å². The third kappa shape index (κ3) is 4.63. The normalized spacial score (nSPS) is 13.9. The Morgan fingerprint density at radius 3 is 2.52 bits per heavy atom. The Balaban J connectivity index is 2.07. The Morgan fingerprint density at radius 1 is 1.16 bits per heavy atom. The van der Waals surface area contributed by atoms with Gasteiger partial charge < -0.3 is 9.64 Å². The molecule has 2 aromatic carbocycles. The van der Waals surface area contributed by atoms with Crippen molar-refractivity contribution in [3.8, 4) is 11.5 Å². The predicted molar refractivity (Wildman–Crippen MR) is 104 cm³/mol. The number of rotatable bonds is 7. The summed E-state index contributed by atoms with van der Waals surface area (Å²) < 4.78 is 11.3. The second-order valence-electron chi connectivity index (χ2n) is 5.45. The largest absolute Gasteiger partial charge is 0.454 e. The maximum absolute atomic E-state index is 6.16. The molecule has 2 aromatic rings.